The van der Waals surface area contributed by atoms with Crippen LogP contribution in [0.4, 0.5) is 0 Å². The van der Waals surface area contributed by atoms with Gasteiger partial charge in [-0.3, -0.25) is 4.79 Å². The lowest BCUT2D eigenvalue weighted by Crippen LogP contribution is -2.72. The van der Waals surface area contributed by atoms with Crippen molar-refractivity contribution in [3.8, 4) is 5.75 Å². The molecule has 4 heteroatoms. The third-order valence-corrected chi connectivity index (χ3v) is 5.26. The summed E-state index contributed by atoms with van der Waals surface area (Å²) in [6.45, 7) is 0. The van der Waals surface area contributed by atoms with Crippen LogP contribution in [0.15, 0.2) is 48.5 Å². The molecule has 3 fully saturated rings. The van der Waals surface area contributed by atoms with E-state index in [1.165, 1.54) is 5.56 Å². The zero-order valence-electron chi connectivity index (χ0n) is 12.6. The van der Waals surface area contributed by atoms with Crippen LogP contribution in [0.25, 0.3) is 0 Å². The Morgan fingerprint density at radius 3 is 2.48 bits per heavy atom. The topological polar surface area (TPSA) is 46.5 Å². The molecule has 5 rings (SSSR count). The van der Waals surface area contributed by atoms with Gasteiger partial charge in [0.2, 0.25) is 0 Å². The fraction of sp³-hybridized carbons (Fsp3) is 0.316. The Balaban J connectivity index is 1.55. The molecule has 0 atom stereocenters. The highest BCUT2D eigenvalue weighted by atomic mass is 35.5. The molecule has 1 N–H and O–H groups in total. The van der Waals surface area contributed by atoms with Crippen LogP contribution in [0, 0.1) is 5.41 Å². The van der Waals surface area contributed by atoms with E-state index in [0.29, 0.717) is 24.3 Å². The molecule has 0 radical (unpaired) electrons. The Morgan fingerprint density at radius 1 is 1.13 bits per heavy atom. The lowest BCUT2D eigenvalue weighted by atomic mass is 9.41. The van der Waals surface area contributed by atoms with Crippen LogP contribution in [-0.2, 0) is 11.2 Å². The van der Waals surface area contributed by atoms with Crippen molar-refractivity contribution in [3.63, 3.8) is 0 Å². The van der Waals surface area contributed by atoms with Crippen LogP contribution >= 0.6 is 11.6 Å². The summed E-state index contributed by atoms with van der Waals surface area (Å²) in [5.41, 5.74) is 1.43. The van der Waals surface area contributed by atoms with Gasteiger partial charge in [0, 0.05) is 30.7 Å². The van der Waals surface area contributed by atoms with Crippen molar-refractivity contribution in [2.75, 3.05) is 0 Å². The third kappa shape index (κ3) is 2.40. The second-order valence-electron chi connectivity index (χ2n) is 6.82. The molecule has 23 heavy (non-hydrogen) atoms. The molecule has 0 heterocycles. The maximum Gasteiger partial charge on any atom is 0.310 e. The van der Waals surface area contributed by atoms with Crippen molar-refractivity contribution in [3.05, 3.63) is 64.7 Å². The second-order valence-corrected chi connectivity index (χ2v) is 7.25. The summed E-state index contributed by atoms with van der Waals surface area (Å²) < 4.78 is 6.22. The highest BCUT2D eigenvalue weighted by Crippen LogP contribution is 2.69. The minimum absolute atomic E-state index is 0.280. The SMILES string of the molecule is O=C(O)C12CC(Oc3ccc(Cl)cc3Cc3ccccc3)(C1)C2. The smallest absolute Gasteiger partial charge is 0.310 e. The molecule has 2 aromatic carbocycles. The summed E-state index contributed by atoms with van der Waals surface area (Å²) in [5.74, 6) is 0.125. The van der Waals surface area contributed by atoms with Gasteiger partial charge in [-0.05, 0) is 29.3 Å². The summed E-state index contributed by atoms with van der Waals surface area (Å²) in [7, 11) is 0. The zero-order chi connectivity index (χ0) is 16.1. The van der Waals surface area contributed by atoms with E-state index in [2.05, 4.69) is 12.1 Å². The summed E-state index contributed by atoms with van der Waals surface area (Å²) in [6.07, 6.45) is 2.59. The second kappa shape index (κ2) is 5.00. The molecular weight excluding hydrogens is 312 g/mol. The van der Waals surface area contributed by atoms with Gasteiger partial charge in [-0.1, -0.05) is 41.9 Å². The maximum absolute atomic E-state index is 11.2. The van der Waals surface area contributed by atoms with Gasteiger partial charge in [-0.25, -0.2) is 0 Å². The minimum Gasteiger partial charge on any atom is -0.487 e. The first-order valence-corrected chi connectivity index (χ1v) is 8.13. The minimum atomic E-state index is -0.691. The molecule has 3 aliphatic rings. The summed E-state index contributed by atoms with van der Waals surface area (Å²) >= 11 is 6.14. The number of carboxylic acid groups (broad SMARTS) is 1. The van der Waals surface area contributed by atoms with Gasteiger partial charge in [0.05, 0.1) is 5.41 Å². The van der Waals surface area contributed by atoms with Crippen LogP contribution in [-0.4, -0.2) is 16.7 Å². The van der Waals surface area contributed by atoms with Crippen LogP contribution in [0.5, 0.6) is 5.75 Å². The Hall–Kier alpha value is -2.00. The average Bonchev–Trinajstić information content (AvgIpc) is 2.44. The maximum atomic E-state index is 11.2. The lowest BCUT2D eigenvalue weighted by molar-refractivity contribution is -0.247. The number of aliphatic carboxylic acids is 1. The molecule has 2 bridgehead atoms. The van der Waals surface area contributed by atoms with Crippen LogP contribution < -0.4 is 4.74 Å². The van der Waals surface area contributed by atoms with E-state index >= 15 is 0 Å². The van der Waals surface area contributed by atoms with Crippen molar-refractivity contribution in [1.82, 2.24) is 0 Å². The first kappa shape index (κ1) is 14.6. The summed E-state index contributed by atoms with van der Waals surface area (Å²) in [5, 5.41) is 9.91. The molecule has 118 valence electrons. The molecule has 0 saturated heterocycles. The number of halogens is 1. The Morgan fingerprint density at radius 2 is 1.83 bits per heavy atom. The molecule has 0 amide bonds. The van der Waals surface area contributed by atoms with Crippen molar-refractivity contribution in [2.45, 2.75) is 31.3 Å². The molecule has 0 aliphatic heterocycles. The van der Waals surface area contributed by atoms with Crippen LogP contribution in [0.1, 0.15) is 30.4 Å². The van der Waals surface area contributed by atoms with Gasteiger partial charge in [-0.15, -0.1) is 0 Å². The van der Waals surface area contributed by atoms with Gasteiger partial charge in [0.15, 0.2) is 0 Å². The average molecular weight is 329 g/mol. The number of hydrogen-bond donors (Lipinski definition) is 1. The normalized spacial score (nSPS) is 27.7. The third-order valence-electron chi connectivity index (χ3n) is 5.02. The number of carboxylic acids is 1. The molecule has 3 aliphatic carbocycles. The highest BCUT2D eigenvalue weighted by Gasteiger charge is 2.74. The van der Waals surface area contributed by atoms with Gasteiger partial charge >= 0.3 is 5.97 Å². The quantitative estimate of drug-likeness (QED) is 0.889. The Kier molecular flexibility index (Phi) is 3.17. The number of benzene rings is 2. The fourth-order valence-corrected chi connectivity index (χ4v) is 4.06. The van der Waals surface area contributed by atoms with Gasteiger partial charge in [-0.2, -0.15) is 0 Å². The van der Waals surface area contributed by atoms with Crippen molar-refractivity contribution >= 4 is 17.6 Å². The standard InChI is InChI=1S/C19H17ClO3/c20-15-6-7-16(14(9-15)8-13-4-2-1-3-5-13)23-19-10-18(11-19,12-19)17(21)22/h1-7,9H,8,10-12H2,(H,21,22). The van der Waals surface area contributed by atoms with Crippen molar-refractivity contribution in [2.24, 2.45) is 5.41 Å². The largest absolute Gasteiger partial charge is 0.487 e. The lowest BCUT2D eigenvalue weighted by Gasteiger charge is -2.66. The Bertz CT molecular complexity index is 750. The predicted octanol–water partition coefficient (Wildman–Crippen LogP) is 4.32. The van der Waals surface area contributed by atoms with Crippen LogP contribution in [0.3, 0.4) is 0 Å². The van der Waals surface area contributed by atoms with E-state index in [4.69, 9.17) is 16.3 Å². The molecule has 0 aromatic heterocycles. The first-order valence-electron chi connectivity index (χ1n) is 7.75. The molecule has 0 unspecified atom stereocenters. The molecular formula is C19H17ClO3. The first-order chi connectivity index (χ1) is 11.0. The van der Waals surface area contributed by atoms with E-state index in [1.807, 2.05) is 36.4 Å². The van der Waals surface area contributed by atoms with Crippen LogP contribution in [0.2, 0.25) is 5.02 Å². The zero-order valence-corrected chi connectivity index (χ0v) is 13.3. The van der Waals surface area contributed by atoms with Crippen molar-refractivity contribution in [1.29, 1.82) is 0 Å². The Labute approximate surface area is 139 Å². The van der Waals surface area contributed by atoms with E-state index in [-0.39, 0.29) is 5.60 Å². The number of hydrogen-bond acceptors (Lipinski definition) is 2. The summed E-state index contributed by atoms with van der Waals surface area (Å²) in [6, 6.07) is 15.8. The van der Waals surface area contributed by atoms with Gasteiger partial charge in [0.25, 0.3) is 0 Å². The van der Waals surface area contributed by atoms with Crippen molar-refractivity contribution < 1.29 is 14.6 Å². The van der Waals surface area contributed by atoms with E-state index in [9.17, 15) is 9.90 Å². The number of carbonyl (C=O) groups is 1. The highest BCUT2D eigenvalue weighted by molar-refractivity contribution is 6.30. The monoisotopic (exact) mass is 328 g/mol. The molecule has 3 saturated carbocycles. The fourth-order valence-electron chi connectivity index (χ4n) is 3.86. The predicted molar refractivity (Wildman–Crippen MR) is 88.0 cm³/mol. The van der Waals surface area contributed by atoms with E-state index in [0.717, 1.165) is 17.7 Å². The molecule has 3 nitrogen and oxygen atoms in total. The van der Waals surface area contributed by atoms with Gasteiger partial charge in [0.1, 0.15) is 11.4 Å². The number of rotatable bonds is 5. The van der Waals surface area contributed by atoms with Gasteiger partial charge < -0.3 is 9.84 Å². The molecule has 2 aromatic rings. The number of ether oxygens (including phenoxy) is 1. The van der Waals surface area contributed by atoms with E-state index < -0.39 is 11.4 Å². The van der Waals surface area contributed by atoms with E-state index in [1.54, 1.807) is 0 Å². The summed E-state index contributed by atoms with van der Waals surface area (Å²) in [4.78, 5) is 11.2. The molecule has 0 spiro atoms.